The molecule has 0 aliphatic rings. The highest BCUT2D eigenvalue weighted by molar-refractivity contribution is 7.87. The second-order valence-electron chi connectivity index (χ2n) is 2.31. The second-order valence-corrected chi connectivity index (χ2v) is 4.10. The average Bonchev–Trinajstić information content (AvgIpc) is 1.83. The number of rotatable bonds is 4. The zero-order chi connectivity index (χ0) is 10.7. The Kier molecular flexibility index (Phi) is 3.60. The maximum atomic E-state index is 12.3. The monoisotopic (exact) mass is 212 g/mol. The van der Waals surface area contributed by atoms with E-state index >= 15 is 0 Å². The fourth-order valence-electron chi connectivity index (χ4n) is 0.428. The van der Waals surface area contributed by atoms with E-state index in [1.165, 1.54) is 12.2 Å². The zero-order valence-corrected chi connectivity index (χ0v) is 8.07. The Morgan fingerprint density at radius 2 is 2.00 bits per heavy atom. The summed E-state index contributed by atoms with van der Waals surface area (Å²) in [5.74, 6) is -0.343. The maximum Gasteiger partial charge on any atom is 0.377 e. The fourth-order valence-corrected chi connectivity index (χ4v) is 0.911. The first kappa shape index (κ1) is 12.1. The summed E-state index contributed by atoms with van der Waals surface area (Å²) in [5.41, 5.74) is 0. The molecule has 0 saturated heterocycles. The van der Waals surface area contributed by atoms with Gasteiger partial charge in [0.15, 0.2) is 0 Å². The molecule has 3 nitrogen and oxygen atoms in total. The largest absolute Gasteiger partial charge is 0.379 e. The van der Waals surface area contributed by atoms with Crippen LogP contribution in [0.1, 0.15) is 13.8 Å². The fraction of sp³-hybridized carbons (Fsp3) is 0.429. The minimum absolute atomic E-state index is 0.241. The van der Waals surface area contributed by atoms with Gasteiger partial charge in [-0.15, -0.1) is 0 Å². The molecule has 0 amide bonds. The van der Waals surface area contributed by atoms with Gasteiger partial charge in [0, 0.05) is 6.92 Å². The molecule has 0 rings (SSSR count). The van der Waals surface area contributed by atoms with Crippen LogP contribution >= 0.6 is 0 Å². The minimum Gasteiger partial charge on any atom is -0.379 e. The highest BCUT2D eigenvalue weighted by Gasteiger charge is 2.41. The predicted molar refractivity (Wildman–Crippen MR) is 44.6 cm³/mol. The molecule has 76 valence electrons. The summed E-state index contributed by atoms with van der Waals surface area (Å²) in [4.78, 5) is 0. The van der Waals surface area contributed by atoms with Crippen LogP contribution in [0.15, 0.2) is 24.5 Å². The molecule has 0 fully saturated rings. The van der Waals surface area contributed by atoms with Gasteiger partial charge in [-0.1, -0.05) is 12.7 Å². The standard InChI is InChI=1S/C7H10F2O3S/c1-4-5-6(2)12-13(10,11)7(3,8)9/h4-5H,2H2,1,3H3/b5-4-. The van der Waals surface area contributed by atoms with Gasteiger partial charge in [-0.25, -0.2) is 0 Å². The lowest BCUT2D eigenvalue weighted by atomic mass is 10.5. The van der Waals surface area contributed by atoms with Crippen LogP contribution in [0.2, 0.25) is 0 Å². The molecule has 0 spiro atoms. The van der Waals surface area contributed by atoms with Crippen LogP contribution in [0.4, 0.5) is 8.78 Å². The maximum absolute atomic E-state index is 12.3. The molecule has 0 heterocycles. The molecule has 0 aromatic heterocycles. The molecule has 0 aliphatic carbocycles. The van der Waals surface area contributed by atoms with Gasteiger partial charge >= 0.3 is 15.4 Å². The smallest absolute Gasteiger partial charge is 0.377 e. The average molecular weight is 212 g/mol. The summed E-state index contributed by atoms with van der Waals surface area (Å²) in [5, 5.41) is -3.92. The van der Waals surface area contributed by atoms with Crippen molar-refractivity contribution in [3.8, 4) is 0 Å². The third kappa shape index (κ3) is 3.54. The summed E-state index contributed by atoms with van der Waals surface area (Å²) in [6, 6.07) is 0. The van der Waals surface area contributed by atoms with Gasteiger partial charge < -0.3 is 4.18 Å². The number of allylic oxidation sites excluding steroid dienone is 2. The van der Waals surface area contributed by atoms with Crippen molar-refractivity contribution in [1.29, 1.82) is 0 Å². The predicted octanol–water partition coefficient (Wildman–Crippen LogP) is 2.04. The lowest BCUT2D eigenvalue weighted by Gasteiger charge is -2.11. The lowest BCUT2D eigenvalue weighted by Crippen LogP contribution is -2.26. The molecular weight excluding hydrogens is 202 g/mol. The molecule has 0 aromatic rings. The summed E-state index contributed by atoms with van der Waals surface area (Å²) >= 11 is 0. The van der Waals surface area contributed by atoms with E-state index in [1.807, 2.05) is 0 Å². The topological polar surface area (TPSA) is 43.4 Å². The Morgan fingerprint density at radius 1 is 1.54 bits per heavy atom. The Labute approximate surface area is 75.8 Å². The number of hydrogen-bond donors (Lipinski definition) is 0. The van der Waals surface area contributed by atoms with Crippen LogP contribution in [0.25, 0.3) is 0 Å². The molecule has 0 bridgehead atoms. The van der Waals surface area contributed by atoms with Gasteiger partial charge in [0.1, 0.15) is 5.76 Å². The van der Waals surface area contributed by atoms with Gasteiger partial charge in [0.25, 0.3) is 0 Å². The summed E-state index contributed by atoms with van der Waals surface area (Å²) < 4.78 is 50.0. The van der Waals surface area contributed by atoms with Crippen LogP contribution in [0.3, 0.4) is 0 Å². The molecule has 0 aromatic carbocycles. The molecular formula is C7H10F2O3S. The first-order valence-electron chi connectivity index (χ1n) is 3.34. The second kappa shape index (κ2) is 3.87. The molecule has 0 atom stereocenters. The molecule has 0 radical (unpaired) electrons. The van der Waals surface area contributed by atoms with Crippen molar-refractivity contribution in [3.63, 3.8) is 0 Å². The van der Waals surface area contributed by atoms with Gasteiger partial charge in [-0.05, 0) is 13.0 Å². The first-order valence-corrected chi connectivity index (χ1v) is 4.75. The van der Waals surface area contributed by atoms with Crippen LogP contribution in [-0.4, -0.2) is 13.7 Å². The normalized spacial score (nSPS) is 13.2. The Balaban J connectivity index is 4.65. The van der Waals surface area contributed by atoms with Crippen molar-refractivity contribution in [1.82, 2.24) is 0 Å². The SMILES string of the molecule is C=C(/C=C\C)OS(=O)(=O)C(C)(F)F. The van der Waals surface area contributed by atoms with Crippen LogP contribution in [-0.2, 0) is 14.3 Å². The third-order valence-corrected chi connectivity index (χ3v) is 2.32. The summed E-state index contributed by atoms with van der Waals surface area (Å²) in [6.07, 6.45) is 2.59. The third-order valence-electron chi connectivity index (χ3n) is 1.01. The van der Waals surface area contributed by atoms with Crippen molar-refractivity contribution in [3.05, 3.63) is 24.5 Å². The summed E-state index contributed by atoms with van der Waals surface area (Å²) in [7, 11) is -4.90. The van der Waals surface area contributed by atoms with E-state index in [0.717, 1.165) is 0 Å². The Morgan fingerprint density at radius 3 is 2.31 bits per heavy atom. The van der Waals surface area contributed by atoms with E-state index in [-0.39, 0.29) is 12.7 Å². The van der Waals surface area contributed by atoms with Crippen LogP contribution in [0.5, 0.6) is 0 Å². The lowest BCUT2D eigenvalue weighted by molar-refractivity contribution is 0.0994. The van der Waals surface area contributed by atoms with Crippen molar-refractivity contribution < 1.29 is 21.4 Å². The molecule has 0 aliphatic heterocycles. The number of alkyl halides is 2. The van der Waals surface area contributed by atoms with Crippen molar-refractivity contribution >= 4 is 10.1 Å². The molecule has 0 unspecified atom stereocenters. The molecule has 6 heteroatoms. The molecule has 13 heavy (non-hydrogen) atoms. The van der Waals surface area contributed by atoms with E-state index in [1.54, 1.807) is 6.92 Å². The van der Waals surface area contributed by atoms with E-state index in [0.29, 0.717) is 0 Å². The zero-order valence-electron chi connectivity index (χ0n) is 7.25. The van der Waals surface area contributed by atoms with Crippen LogP contribution in [0, 0.1) is 0 Å². The Bertz CT molecular complexity index is 311. The minimum atomic E-state index is -4.90. The van der Waals surface area contributed by atoms with Gasteiger partial charge in [-0.2, -0.15) is 17.2 Å². The number of halogens is 2. The highest BCUT2D eigenvalue weighted by Crippen LogP contribution is 2.24. The highest BCUT2D eigenvalue weighted by atomic mass is 32.2. The van der Waals surface area contributed by atoms with Gasteiger partial charge in [0.05, 0.1) is 0 Å². The number of hydrogen-bond acceptors (Lipinski definition) is 3. The summed E-state index contributed by atoms with van der Waals surface area (Å²) in [6.45, 7) is 4.94. The van der Waals surface area contributed by atoms with Gasteiger partial charge in [0.2, 0.25) is 0 Å². The molecule has 0 saturated carbocycles. The van der Waals surface area contributed by atoms with Crippen molar-refractivity contribution in [2.24, 2.45) is 0 Å². The van der Waals surface area contributed by atoms with Crippen molar-refractivity contribution in [2.45, 2.75) is 19.1 Å². The van der Waals surface area contributed by atoms with Gasteiger partial charge in [-0.3, -0.25) is 0 Å². The quantitative estimate of drug-likeness (QED) is 0.407. The molecule has 0 N–H and O–H groups in total. The van der Waals surface area contributed by atoms with E-state index < -0.39 is 15.4 Å². The van der Waals surface area contributed by atoms with E-state index in [2.05, 4.69) is 10.8 Å². The van der Waals surface area contributed by atoms with Crippen molar-refractivity contribution in [2.75, 3.05) is 0 Å². The Hall–Kier alpha value is -0.910. The van der Waals surface area contributed by atoms with E-state index in [9.17, 15) is 17.2 Å². The first-order chi connectivity index (χ1) is 5.70. The van der Waals surface area contributed by atoms with E-state index in [4.69, 9.17) is 0 Å². The van der Waals surface area contributed by atoms with Crippen LogP contribution < -0.4 is 0 Å².